The molecule has 0 aromatic heterocycles. The molecule has 3 amide bonds. The maximum atomic E-state index is 13.0. The minimum Gasteiger partial charge on any atom is -0.493 e. The van der Waals surface area contributed by atoms with Gasteiger partial charge in [0.25, 0.3) is 17.1 Å². The Morgan fingerprint density at radius 2 is 1.87 bits per heavy atom. The molecule has 1 aliphatic rings. The number of hydrogen-bond acceptors (Lipinski definition) is 6. The molecule has 11 heteroatoms. The lowest BCUT2D eigenvalue weighted by molar-refractivity contribution is -0.123. The molecule has 1 heterocycles. The van der Waals surface area contributed by atoms with Crippen molar-refractivity contribution in [2.75, 3.05) is 19.0 Å². The van der Waals surface area contributed by atoms with Gasteiger partial charge in [-0.3, -0.25) is 19.3 Å². The second-order valence-electron chi connectivity index (χ2n) is 8.19. The van der Waals surface area contributed by atoms with Crippen LogP contribution in [0.2, 0.25) is 5.02 Å². The Kier molecular flexibility index (Phi) is 9.19. The molecule has 3 aromatic carbocycles. The molecule has 0 spiro atoms. The van der Waals surface area contributed by atoms with E-state index < -0.39 is 0 Å². The van der Waals surface area contributed by atoms with Crippen molar-refractivity contribution in [1.29, 1.82) is 0 Å². The number of aryl methyl sites for hydroxylation is 1. The molecule has 0 radical (unpaired) electrons. The highest BCUT2D eigenvalue weighted by atomic mass is 79.9. The molecule has 3 aromatic rings. The number of amides is 3. The molecule has 1 N–H and O–H groups in total. The van der Waals surface area contributed by atoms with Crippen LogP contribution < -0.4 is 14.8 Å². The van der Waals surface area contributed by atoms with Gasteiger partial charge in [0.05, 0.1) is 23.0 Å². The van der Waals surface area contributed by atoms with Crippen LogP contribution in [0, 0.1) is 6.92 Å². The van der Waals surface area contributed by atoms with Gasteiger partial charge < -0.3 is 14.8 Å². The van der Waals surface area contributed by atoms with Crippen LogP contribution in [0.1, 0.15) is 16.7 Å². The van der Waals surface area contributed by atoms with E-state index in [2.05, 4.69) is 37.2 Å². The van der Waals surface area contributed by atoms with Gasteiger partial charge in [-0.15, -0.1) is 0 Å². The molecule has 0 aliphatic carbocycles. The number of thioether (sulfide) groups is 1. The van der Waals surface area contributed by atoms with Crippen LogP contribution in [0.5, 0.6) is 11.5 Å². The number of imide groups is 1. The van der Waals surface area contributed by atoms with E-state index in [1.165, 1.54) is 12.0 Å². The van der Waals surface area contributed by atoms with Gasteiger partial charge in [-0.25, -0.2) is 0 Å². The molecule has 0 bridgehead atoms. The van der Waals surface area contributed by atoms with Crippen molar-refractivity contribution in [3.05, 3.63) is 90.2 Å². The summed E-state index contributed by atoms with van der Waals surface area (Å²) in [4.78, 5) is 39.5. The normalized spacial score (nSPS) is 14.2. The van der Waals surface area contributed by atoms with Crippen molar-refractivity contribution in [3.8, 4) is 11.5 Å². The van der Waals surface area contributed by atoms with Crippen LogP contribution in [-0.2, 0) is 16.1 Å². The summed E-state index contributed by atoms with van der Waals surface area (Å²) >= 11 is 13.9. The Morgan fingerprint density at radius 3 is 2.58 bits per heavy atom. The maximum absolute atomic E-state index is 13.0. The molecule has 0 unspecified atom stereocenters. The Labute approximate surface area is 245 Å². The van der Waals surface area contributed by atoms with Gasteiger partial charge in [-0.2, -0.15) is 0 Å². The summed E-state index contributed by atoms with van der Waals surface area (Å²) in [6.45, 7) is 1.77. The number of carbonyl (C=O) groups excluding carboxylic acids is 3. The average molecular weight is 681 g/mol. The number of methoxy groups -OCH3 is 1. The molecule has 1 aliphatic heterocycles. The molecule has 4 rings (SSSR count). The van der Waals surface area contributed by atoms with E-state index in [-0.39, 0.29) is 30.2 Å². The maximum Gasteiger partial charge on any atom is 0.293 e. The molecule has 0 saturated carbocycles. The molecule has 1 saturated heterocycles. The highest BCUT2D eigenvalue weighted by Gasteiger charge is 2.35. The number of benzene rings is 3. The van der Waals surface area contributed by atoms with Crippen LogP contribution in [0.25, 0.3) is 6.08 Å². The Hall–Kier alpha value is -2.79. The summed E-state index contributed by atoms with van der Waals surface area (Å²) in [6, 6.07) is 16.1. The quantitative estimate of drug-likeness (QED) is 0.249. The number of hydrogen-bond donors (Lipinski definition) is 1. The summed E-state index contributed by atoms with van der Waals surface area (Å²) in [6.07, 6.45) is 1.62. The average Bonchev–Trinajstić information content (AvgIpc) is 3.13. The number of anilines is 1. The Bertz CT molecular complexity index is 1460. The zero-order chi connectivity index (χ0) is 27.4. The number of rotatable bonds is 8. The molecule has 38 heavy (non-hydrogen) atoms. The highest BCUT2D eigenvalue weighted by molar-refractivity contribution is 9.10. The van der Waals surface area contributed by atoms with E-state index in [1.54, 1.807) is 30.3 Å². The lowest BCUT2D eigenvalue weighted by Crippen LogP contribution is -2.27. The van der Waals surface area contributed by atoms with Gasteiger partial charge in [0, 0.05) is 15.2 Å². The third kappa shape index (κ3) is 6.61. The predicted molar refractivity (Wildman–Crippen MR) is 157 cm³/mol. The monoisotopic (exact) mass is 678 g/mol. The third-order valence-corrected chi connectivity index (χ3v) is 8.19. The van der Waals surface area contributed by atoms with E-state index >= 15 is 0 Å². The summed E-state index contributed by atoms with van der Waals surface area (Å²) in [7, 11) is 1.47. The van der Waals surface area contributed by atoms with Gasteiger partial charge >= 0.3 is 0 Å². The number of ether oxygens (including phenoxy) is 2. The van der Waals surface area contributed by atoms with Crippen LogP contribution >= 0.6 is 55.2 Å². The summed E-state index contributed by atoms with van der Waals surface area (Å²) < 4.78 is 12.5. The first-order valence-corrected chi connectivity index (χ1v) is 14.0. The SMILES string of the molecule is COc1cc(/C=C2\SC(=O)N(Cc3ccccc3Br)C2=O)cc(Br)c1OCC(=O)Nc1ccc(C)c(Cl)c1. The fraction of sp³-hybridized carbons (Fsp3) is 0.148. The molecule has 196 valence electrons. The van der Waals surface area contributed by atoms with Crippen molar-refractivity contribution in [3.63, 3.8) is 0 Å². The first-order chi connectivity index (χ1) is 18.2. The van der Waals surface area contributed by atoms with Crippen molar-refractivity contribution < 1.29 is 23.9 Å². The number of carbonyl (C=O) groups is 3. The standard InChI is InChI=1S/C27H21Br2ClN2O5S/c1-15-7-8-18(12-21(15)30)31-24(33)14-37-25-20(29)9-16(10-22(25)36-2)11-23-26(34)32(27(35)38-23)13-17-5-3-4-6-19(17)28/h3-12H,13-14H2,1-2H3,(H,31,33)/b23-11-. The lowest BCUT2D eigenvalue weighted by atomic mass is 10.1. The van der Waals surface area contributed by atoms with Gasteiger partial charge in [0.15, 0.2) is 18.1 Å². The lowest BCUT2D eigenvalue weighted by Gasteiger charge is -2.14. The zero-order valence-corrected chi connectivity index (χ0v) is 25.0. The highest BCUT2D eigenvalue weighted by Crippen LogP contribution is 2.39. The smallest absolute Gasteiger partial charge is 0.293 e. The number of halogens is 3. The van der Waals surface area contributed by atoms with Crippen molar-refractivity contribution >= 4 is 84.0 Å². The number of nitrogens with one attached hydrogen (secondary N) is 1. The summed E-state index contributed by atoms with van der Waals surface area (Å²) in [5.41, 5.74) is 2.91. The Balaban J connectivity index is 1.47. The van der Waals surface area contributed by atoms with Crippen LogP contribution in [0.15, 0.2) is 68.4 Å². The van der Waals surface area contributed by atoms with Gasteiger partial charge in [-0.1, -0.05) is 51.8 Å². The van der Waals surface area contributed by atoms with Crippen LogP contribution in [0.4, 0.5) is 10.5 Å². The number of nitrogens with zero attached hydrogens (tertiary/aromatic N) is 1. The minimum absolute atomic E-state index is 0.167. The van der Waals surface area contributed by atoms with E-state index in [9.17, 15) is 14.4 Å². The second kappa shape index (κ2) is 12.4. The van der Waals surface area contributed by atoms with Gasteiger partial charge in [-0.05, 0) is 87.7 Å². The molecular weight excluding hydrogens is 660 g/mol. The van der Waals surface area contributed by atoms with Crippen molar-refractivity contribution in [2.24, 2.45) is 0 Å². The molecule has 1 fully saturated rings. The largest absolute Gasteiger partial charge is 0.493 e. The summed E-state index contributed by atoms with van der Waals surface area (Å²) in [5.74, 6) is -0.0752. The summed E-state index contributed by atoms with van der Waals surface area (Å²) in [5, 5.41) is 2.94. The van der Waals surface area contributed by atoms with E-state index in [0.29, 0.717) is 37.2 Å². The molecule has 7 nitrogen and oxygen atoms in total. The first kappa shape index (κ1) is 28.2. The van der Waals surface area contributed by atoms with E-state index in [1.807, 2.05) is 37.3 Å². The fourth-order valence-electron chi connectivity index (χ4n) is 3.55. The first-order valence-electron chi connectivity index (χ1n) is 11.2. The zero-order valence-electron chi connectivity index (χ0n) is 20.2. The van der Waals surface area contributed by atoms with Gasteiger partial charge in [0.2, 0.25) is 0 Å². The van der Waals surface area contributed by atoms with Crippen molar-refractivity contribution in [1.82, 2.24) is 4.90 Å². The Morgan fingerprint density at radius 1 is 1.11 bits per heavy atom. The van der Waals surface area contributed by atoms with E-state index in [0.717, 1.165) is 27.4 Å². The predicted octanol–water partition coefficient (Wildman–Crippen LogP) is 7.44. The molecule has 0 atom stereocenters. The van der Waals surface area contributed by atoms with Crippen LogP contribution in [0.3, 0.4) is 0 Å². The molecular formula is C27H21Br2ClN2O5S. The van der Waals surface area contributed by atoms with Crippen molar-refractivity contribution in [2.45, 2.75) is 13.5 Å². The van der Waals surface area contributed by atoms with E-state index in [4.69, 9.17) is 21.1 Å². The van der Waals surface area contributed by atoms with Gasteiger partial charge in [0.1, 0.15) is 0 Å². The second-order valence-corrected chi connectivity index (χ2v) is 11.3. The fourth-order valence-corrected chi connectivity index (χ4v) is 5.56. The minimum atomic E-state index is -0.376. The third-order valence-electron chi connectivity index (χ3n) is 5.51. The van der Waals surface area contributed by atoms with Crippen LogP contribution in [-0.4, -0.2) is 35.7 Å². The topological polar surface area (TPSA) is 84.9 Å².